The number of carbonyl (C=O) groups excluding carboxylic acids is 4. The van der Waals surface area contributed by atoms with Crippen LogP contribution in [0.3, 0.4) is 0 Å². The third kappa shape index (κ3) is 7.22. The van der Waals surface area contributed by atoms with Crippen molar-refractivity contribution in [2.45, 2.75) is 0 Å². The Labute approximate surface area is 230 Å². The molecule has 0 unspecified atom stereocenters. The summed E-state index contributed by atoms with van der Waals surface area (Å²) >= 11 is 10.0. The number of hydrogen-bond acceptors (Lipinski definition) is 6. The Hall–Kier alpha value is -3.60. The van der Waals surface area contributed by atoms with Gasteiger partial charge in [0.15, 0.2) is 6.61 Å². The van der Waals surface area contributed by atoms with E-state index in [0.717, 1.165) is 16.7 Å². The number of ether oxygens (including phenoxy) is 1. The molecule has 1 saturated heterocycles. The lowest BCUT2D eigenvalue weighted by Crippen LogP contribution is -2.36. The van der Waals surface area contributed by atoms with Crippen LogP contribution in [0.15, 0.2) is 82.2 Å². The molecule has 1 aliphatic heterocycles. The molecule has 11 heteroatoms. The van der Waals surface area contributed by atoms with Gasteiger partial charge in [0, 0.05) is 16.4 Å². The molecular weight excluding hydrogens is 582 g/mol. The highest BCUT2D eigenvalue weighted by Gasteiger charge is 2.36. The highest BCUT2D eigenvalue weighted by molar-refractivity contribution is 9.10. The van der Waals surface area contributed by atoms with E-state index in [2.05, 4.69) is 26.6 Å². The Bertz CT molecular complexity index is 1380. The molecule has 1 heterocycles. The second-order valence-electron chi connectivity index (χ2n) is 7.72. The van der Waals surface area contributed by atoms with Crippen LogP contribution in [0, 0.1) is 0 Å². The zero-order chi connectivity index (χ0) is 26.4. The summed E-state index contributed by atoms with van der Waals surface area (Å²) in [4.78, 5) is 50.7. The van der Waals surface area contributed by atoms with Crippen molar-refractivity contribution in [3.05, 3.63) is 92.8 Å². The molecule has 0 aliphatic carbocycles. The molecule has 0 atom stereocenters. The smallest absolute Gasteiger partial charge is 0.294 e. The molecule has 1 aliphatic rings. The van der Waals surface area contributed by atoms with Crippen LogP contribution in [-0.2, 0) is 14.4 Å². The third-order valence-corrected chi connectivity index (χ3v) is 6.75. The van der Waals surface area contributed by atoms with Crippen molar-refractivity contribution in [3.8, 4) is 5.75 Å². The molecule has 37 heavy (non-hydrogen) atoms. The summed E-state index contributed by atoms with van der Waals surface area (Å²) in [6.45, 7) is -0.601. The molecule has 3 aromatic rings. The summed E-state index contributed by atoms with van der Waals surface area (Å²) in [7, 11) is 0. The van der Waals surface area contributed by atoms with Gasteiger partial charge in [-0.2, -0.15) is 0 Å². The molecule has 8 nitrogen and oxygen atoms in total. The maximum absolute atomic E-state index is 12.8. The van der Waals surface area contributed by atoms with Gasteiger partial charge in [-0.1, -0.05) is 35.9 Å². The number of carbonyl (C=O) groups is 4. The third-order valence-electron chi connectivity index (χ3n) is 4.97. The van der Waals surface area contributed by atoms with Gasteiger partial charge in [0.25, 0.3) is 17.1 Å². The van der Waals surface area contributed by atoms with Gasteiger partial charge < -0.3 is 15.4 Å². The van der Waals surface area contributed by atoms with Gasteiger partial charge in [-0.3, -0.25) is 24.1 Å². The fraction of sp³-hybridized carbons (Fsp3) is 0.0769. The second-order valence-corrected chi connectivity index (χ2v) is 10.00. The maximum atomic E-state index is 12.8. The Morgan fingerprint density at radius 3 is 2.32 bits per heavy atom. The first-order chi connectivity index (χ1) is 17.8. The number of thioether (sulfide) groups is 1. The molecule has 0 aromatic heterocycles. The number of rotatable bonds is 8. The quantitative estimate of drug-likeness (QED) is 0.317. The molecule has 0 radical (unpaired) electrons. The van der Waals surface area contributed by atoms with Crippen molar-refractivity contribution in [1.29, 1.82) is 0 Å². The summed E-state index contributed by atoms with van der Waals surface area (Å²) in [5.74, 6) is -0.940. The standard InChI is InChI=1S/C26H19BrClN3O5S/c27-20-12-16(6-11-21(20)36-15-24(33)30-19-9-7-17(28)8-10-19)13-22-25(34)31(26(35)37-22)14-23(32)29-18-4-2-1-3-5-18/h1-13H,14-15H2,(H,29,32)(H,30,33)/b22-13-. The van der Waals surface area contributed by atoms with Crippen LogP contribution >= 0.6 is 39.3 Å². The van der Waals surface area contributed by atoms with Gasteiger partial charge in [-0.05, 0) is 87.9 Å². The molecule has 0 bridgehead atoms. The fourth-order valence-electron chi connectivity index (χ4n) is 3.25. The van der Waals surface area contributed by atoms with Gasteiger partial charge in [0.05, 0.1) is 9.38 Å². The predicted octanol–water partition coefficient (Wildman–Crippen LogP) is 5.80. The van der Waals surface area contributed by atoms with Crippen LogP contribution in [-0.4, -0.2) is 41.0 Å². The topological polar surface area (TPSA) is 105 Å². The minimum atomic E-state index is -0.548. The van der Waals surface area contributed by atoms with Crippen molar-refractivity contribution >= 4 is 79.7 Å². The SMILES string of the molecule is O=C(COc1ccc(/C=C2\SC(=O)N(CC(=O)Nc3ccccc3)C2=O)cc1Br)Nc1ccc(Cl)cc1. The zero-order valence-corrected chi connectivity index (χ0v) is 22.2. The lowest BCUT2D eigenvalue weighted by molar-refractivity contribution is -0.127. The Balaban J connectivity index is 1.34. The zero-order valence-electron chi connectivity index (χ0n) is 19.1. The van der Waals surface area contributed by atoms with Gasteiger partial charge >= 0.3 is 0 Å². The summed E-state index contributed by atoms with van der Waals surface area (Å²) in [5.41, 5.74) is 1.80. The molecule has 0 spiro atoms. The number of hydrogen-bond donors (Lipinski definition) is 2. The van der Waals surface area contributed by atoms with E-state index in [1.807, 2.05) is 6.07 Å². The van der Waals surface area contributed by atoms with E-state index in [0.29, 0.717) is 32.2 Å². The number of benzene rings is 3. The molecular formula is C26H19BrClN3O5S. The van der Waals surface area contributed by atoms with Crippen molar-refractivity contribution in [2.24, 2.45) is 0 Å². The molecule has 1 fully saturated rings. The molecule has 188 valence electrons. The molecule has 4 amide bonds. The molecule has 2 N–H and O–H groups in total. The first-order valence-electron chi connectivity index (χ1n) is 10.9. The van der Waals surface area contributed by atoms with E-state index >= 15 is 0 Å². The minimum absolute atomic E-state index is 0.195. The monoisotopic (exact) mass is 599 g/mol. The number of amides is 4. The van der Waals surface area contributed by atoms with Gasteiger partial charge in [0.2, 0.25) is 5.91 Å². The molecule has 0 saturated carbocycles. The molecule has 3 aromatic carbocycles. The Morgan fingerprint density at radius 2 is 1.62 bits per heavy atom. The van der Waals surface area contributed by atoms with Crippen LogP contribution in [0.2, 0.25) is 5.02 Å². The summed E-state index contributed by atoms with van der Waals surface area (Å²) < 4.78 is 6.14. The van der Waals surface area contributed by atoms with E-state index in [1.54, 1.807) is 72.8 Å². The number of nitrogens with one attached hydrogen (secondary N) is 2. The first kappa shape index (κ1) is 26.5. The van der Waals surface area contributed by atoms with E-state index < -0.39 is 17.1 Å². The Morgan fingerprint density at radius 1 is 0.946 bits per heavy atom. The van der Waals surface area contributed by atoms with Crippen molar-refractivity contribution in [1.82, 2.24) is 4.90 Å². The van der Waals surface area contributed by atoms with E-state index in [1.165, 1.54) is 0 Å². The second kappa shape index (κ2) is 12.1. The fourth-order valence-corrected chi connectivity index (χ4v) is 4.73. The van der Waals surface area contributed by atoms with Crippen molar-refractivity contribution < 1.29 is 23.9 Å². The number of anilines is 2. The lowest BCUT2D eigenvalue weighted by Gasteiger charge is -2.12. The van der Waals surface area contributed by atoms with Gasteiger partial charge in [-0.15, -0.1) is 0 Å². The van der Waals surface area contributed by atoms with Gasteiger partial charge in [0.1, 0.15) is 12.3 Å². The van der Waals surface area contributed by atoms with Crippen molar-refractivity contribution in [3.63, 3.8) is 0 Å². The highest BCUT2D eigenvalue weighted by Crippen LogP contribution is 2.34. The predicted molar refractivity (Wildman–Crippen MR) is 147 cm³/mol. The number of halogens is 2. The minimum Gasteiger partial charge on any atom is -0.483 e. The number of nitrogens with zero attached hydrogens (tertiary/aromatic N) is 1. The normalized spacial score (nSPS) is 14.1. The van der Waals surface area contributed by atoms with Gasteiger partial charge in [-0.25, -0.2) is 0 Å². The summed E-state index contributed by atoms with van der Waals surface area (Å²) in [6.07, 6.45) is 1.56. The van der Waals surface area contributed by atoms with Crippen LogP contribution in [0.1, 0.15) is 5.56 Å². The Kier molecular flexibility index (Phi) is 8.65. The number of imide groups is 1. The van der Waals surface area contributed by atoms with Crippen LogP contribution in [0.5, 0.6) is 5.75 Å². The van der Waals surface area contributed by atoms with Crippen LogP contribution in [0.4, 0.5) is 16.2 Å². The largest absolute Gasteiger partial charge is 0.483 e. The highest BCUT2D eigenvalue weighted by atomic mass is 79.9. The lowest BCUT2D eigenvalue weighted by atomic mass is 10.2. The summed E-state index contributed by atoms with van der Waals surface area (Å²) in [6, 6.07) is 20.5. The first-order valence-corrected chi connectivity index (χ1v) is 12.9. The van der Waals surface area contributed by atoms with E-state index in [-0.39, 0.29) is 24.0 Å². The summed E-state index contributed by atoms with van der Waals surface area (Å²) in [5, 5.41) is 5.41. The number of para-hydroxylation sites is 1. The average Bonchev–Trinajstić information content (AvgIpc) is 3.12. The van der Waals surface area contributed by atoms with Crippen LogP contribution < -0.4 is 15.4 Å². The average molecular weight is 601 g/mol. The van der Waals surface area contributed by atoms with Crippen LogP contribution in [0.25, 0.3) is 6.08 Å². The maximum Gasteiger partial charge on any atom is 0.294 e. The van der Waals surface area contributed by atoms with Crippen molar-refractivity contribution in [2.75, 3.05) is 23.8 Å². The van der Waals surface area contributed by atoms with E-state index in [9.17, 15) is 19.2 Å². The molecule has 4 rings (SSSR count). The van der Waals surface area contributed by atoms with E-state index in [4.69, 9.17) is 16.3 Å².